The van der Waals surface area contributed by atoms with E-state index in [0.717, 1.165) is 35.7 Å². The molecule has 0 spiro atoms. The summed E-state index contributed by atoms with van der Waals surface area (Å²) in [7, 11) is 0. The number of carbonyl (C=O) groups is 2. The van der Waals surface area contributed by atoms with Crippen molar-refractivity contribution in [3.05, 3.63) is 50.3 Å². The van der Waals surface area contributed by atoms with E-state index in [1.807, 2.05) is 32.0 Å². The number of carbonyl (C=O) groups excluding carboxylic acids is 2. The molecule has 0 unspecified atom stereocenters. The Balaban J connectivity index is 1.95. The van der Waals surface area contributed by atoms with Gasteiger partial charge in [0.2, 0.25) is 0 Å². The maximum atomic E-state index is 12.7. The molecule has 2 aromatic rings. The molecule has 0 saturated carbocycles. The number of hydrogen-bond donors (Lipinski definition) is 1. The highest BCUT2D eigenvalue weighted by molar-refractivity contribution is 9.10. The molecular weight excluding hydrogens is 402 g/mol. The lowest BCUT2D eigenvalue weighted by molar-refractivity contribution is 0.0378. The van der Waals surface area contributed by atoms with Crippen LogP contribution in [0.15, 0.2) is 28.7 Å². The van der Waals surface area contributed by atoms with E-state index in [4.69, 9.17) is 4.74 Å². The highest BCUT2D eigenvalue weighted by atomic mass is 79.9. The van der Waals surface area contributed by atoms with Gasteiger partial charge in [-0.05, 0) is 73.2 Å². The Morgan fingerprint density at radius 3 is 2.64 bits per heavy atom. The predicted octanol–water partition coefficient (Wildman–Crippen LogP) is 5.21. The summed E-state index contributed by atoms with van der Waals surface area (Å²) in [6.07, 6.45) is 3.79. The number of nitrogens with one attached hydrogen (secondary N) is 1. The average molecular weight is 422 g/mol. The van der Waals surface area contributed by atoms with Gasteiger partial charge < -0.3 is 10.1 Å². The molecule has 0 bridgehead atoms. The van der Waals surface area contributed by atoms with Crippen LogP contribution in [-0.4, -0.2) is 18.0 Å². The lowest BCUT2D eigenvalue weighted by Crippen LogP contribution is -2.18. The SMILES string of the molecule is CC(C)OC(=O)c1c(NC(=O)c2ccccc2Br)sc2c1CCCC2. The number of aryl methyl sites for hydroxylation is 1. The van der Waals surface area contributed by atoms with Gasteiger partial charge in [0.15, 0.2) is 0 Å². The second-order valence-electron chi connectivity index (χ2n) is 6.30. The van der Waals surface area contributed by atoms with Crippen molar-refractivity contribution in [3.63, 3.8) is 0 Å². The third-order valence-electron chi connectivity index (χ3n) is 4.06. The van der Waals surface area contributed by atoms with Gasteiger partial charge in [0.1, 0.15) is 5.00 Å². The lowest BCUT2D eigenvalue weighted by atomic mass is 9.95. The van der Waals surface area contributed by atoms with Gasteiger partial charge in [-0.25, -0.2) is 4.79 Å². The summed E-state index contributed by atoms with van der Waals surface area (Å²) in [6, 6.07) is 7.24. The van der Waals surface area contributed by atoms with Gasteiger partial charge in [0.05, 0.1) is 17.2 Å². The van der Waals surface area contributed by atoms with Crippen LogP contribution in [0.1, 0.15) is 57.8 Å². The van der Waals surface area contributed by atoms with E-state index in [0.29, 0.717) is 16.1 Å². The molecule has 1 aromatic heterocycles. The fourth-order valence-electron chi connectivity index (χ4n) is 2.96. The van der Waals surface area contributed by atoms with Gasteiger partial charge in [0.25, 0.3) is 5.91 Å². The van der Waals surface area contributed by atoms with Gasteiger partial charge in [0, 0.05) is 9.35 Å². The summed E-state index contributed by atoms with van der Waals surface area (Å²) in [5.41, 5.74) is 2.12. The zero-order valence-electron chi connectivity index (χ0n) is 14.2. The Bertz CT molecular complexity index is 813. The number of rotatable bonds is 4. The quantitative estimate of drug-likeness (QED) is 0.689. The van der Waals surface area contributed by atoms with Crippen molar-refractivity contribution in [1.29, 1.82) is 0 Å². The lowest BCUT2D eigenvalue weighted by Gasteiger charge is -2.14. The first kappa shape index (κ1) is 18.1. The number of benzene rings is 1. The maximum absolute atomic E-state index is 12.7. The molecule has 0 radical (unpaired) electrons. The zero-order chi connectivity index (χ0) is 18.0. The van der Waals surface area contributed by atoms with E-state index in [1.54, 1.807) is 6.07 Å². The van der Waals surface area contributed by atoms with Gasteiger partial charge in [-0.15, -0.1) is 11.3 Å². The van der Waals surface area contributed by atoms with Crippen LogP contribution in [0.5, 0.6) is 0 Å². The van der Waals surface area contributed by atoms with E-state index in [9.17, 15) is 9.59 Å². The minimum atomic E-state index is -0.350. The summed E-state index contributed by atoms with van der Waals surface area (Å²) in [5.74, 6) is -0.582. The van der Waals surface area contributed by atoms with Crippen LogP contribution in [0.4, 0.5) is 5.00 Å². The van der Waals surface area contributed by atoms with Crippen molar-refractivity contribution in [1.82, 2.24) is 0 Å². The van der Waals surface area contributed by atoms with Crippen LogP contribution < -0.4 is 5.32 Å². The molecule has 1 amide bonds. The molecule has 1 N–H and O–H groups in total. The number of fused-ring (bicyclic) bond motifs is 1. The Kier molecular flexibility index (Phi) is 5.59. The number of halogens is 1. The molecule has 1 aliphatic rings. The van der Waals surface area contributed by atoms with Crippen molar-refractivity contribution in [3.8, 4) is 0 Å². The van der Waals surface area contributed by atoms with Crippen LogP contribution >= 0.6 is 27.3 Å². The molecule has 1 aromatic carbocycles. The van der Waals surface area contributed by atoms with Gasteiger partial charge in [-0.3, -0.25) is 4.79 Å². The van der Waals surface area contributed by atoms with Crippen molar-refractivity contribution in [2.45, 2.75) is 45.6 Å². The fraction of sp³-hybridized carbons (Fsp3) is 0.368. The highest BCUT2D eigenvalue weighted by Crippen LogP contribution is 2.39. The number of thiophene rings is 1. The van der Waals surface area contributed by atoms with E-state index in [1.165, 1.54) is 16.2 Å². The van der Waals surface area contributed by atoms with Crippen LogP contribution in [-0.2, 0) is 17.6 Å². The molecule has 1 aliphatic carbocycles. The third-order valence-corrected chi connectivity index (χ3v) is 5.96. The van der Waals surface area contributed by atoms with Crippen LogP contribution in [0.2, 0.25) is 0 Å². The predicted molar refractivity (Wildman–Crippen MR) is 104 cm³/mol. The summed E-state index contributed by atoms with van der Waals surface area (Å²) in [5, 5.41) is 3.52. The minimum Gasteiger partial charge on any atom is -0.459 e. The Morgan fingerprint density at radius 1 is 1.20 bits per heavy atom. The fourth-order valence-corrected chi connectivity index (χ4v) is 4.70. The number of ether oxygens (including phenoxy) is 1. The standard InChI is InChI=1S/C19H20BrNO3S/c1-11(2)24-19(23)16-13-8-4-6-10-15(13)25-18(16)21-17(22)12-7-3-5-9-14(12)20/h3,5,7,9,11H,4,6,8,10H2,1-2H3,(H,21,22). The molecule has 0 saturated heterocycles. The third kappa shape index (κ3) is 3.96. The summed E-state index contributed by atoms with van der Waals surface area (Å²) in [6.45, 7) is 3.66. The van der Waals surface area contributed by atoms with Gasteiger partial charge in [-0.2, -0.15) is 0 Å². The van der Waals surface area contributed by atoms with Crippen molar-refractivity contribution >= 4 is 44.1 Å². The molecule has 3 rings (SSSR count). The molecule has 25 heavy (non-hydrogen) atoms. The second kappa shape index (κ2) is 7.70. The monoisotopic (exact) mass is 421 g/mol. The van der Waals surface area contributed by atoms with Crippen molar-refractivity contribution < 1.29 is 14.3 Å². The molecular formula is C19H20BrNO3S. The summed E-state index contributed by atoms with van der Waals surface area (Å²) in [4.78, 5) is 26.5. The second-order valence-corrected chi connectivity index (χ2v) is 8.26. The normalized spacial score (nSPS) is 13.4. The molecule has 0 atom stereocenters. The maximum Gasteiger partial charge on any atom is 0.341 e. The minimum absolute atomic E-state index is 0.196. The number of amides is 1. The smallest absolute Gasteiger partial charge is 0.341 e. The Morgan fingerprint density at radius 2 is 1.92 bits per heavy atom. The van der Waals surface area contributed by atoms with Crippen molar-refractivity contribution in [2.24, 2.45) is 0 Å². The Hall–Kier alpha value is -1.66. The first-order valence-corrected chi connectivity index (χ1v) is 9.99. The first-order chi connectivity index (χ1) is 12.0. The van der Waals surface area contributed by atoms with Crippen LogP contribution in [0, 0.1) is 0 Å². The number of anilines is 1. The number of hydrogen-bond acceptors (Lipinski definition) is 4. The molecule has 0 aliphatic heterocycles. The van der Waals surface area contributed by atoms with Crippen LogP contribution in [0.25, 0.3) is 0 Å². The van der Waals surface area contributed by atoms with E-state index >= 15 is 0 Å². The summed E-state index contributed by atoms with van der Waals surface area (Å²) >= 11 is 4.90. The molecule has 0 fully saturated rings. The zero-order valence-corrected chi connectivity index (χ0v) is 16.6. The first-order valence-electron chi connectivity index (χ1n) is 8.38. The van der Waals surface area contributed by atoms with Crippen LogP contribution in [0.3, 0.4) is 0 Å². The molecule has 4 nitrogen and oxygen atoms in total. The topological polar surface area (TPSA) is 55.4 Å². The van der Waals surface area contributed by atoms with E-state index in [2.05, 4.69) is 21.2 Å². The average Bonchev–Trinajstić information content (AvgIpc) is 2.92. The van der Waals surface area contributed by atoms with Crippen molar-refractivity contribution in [2.75, 3.05) is 5.32 Å². The number of esters is 1. The van der Waals surface area contributed by atoms with Gasteiger partial charge in [-0.1, -0.05) is 12.1 Å². The Labute approximate surface area is 159 Å². The molecule has 132 valence electrons. The van der Waals surface area contributed by atoms with E-state index in [-0.39, 0.29) is 18.0 Å². The van der Waals surface area contributed by atoms with Gasteiger partial charge >= 0.3 is 5.97 Å². The molecule has 6 heteroatoms. The highest BCUT2D eigenvalue weighted by Gasteiger charge is 2.28. The summed E-state index contributed by atoms with van der Waals surface area (Å²) < 4.78 is 6.14. The van der Waals surface area contributed by atoms with E-state index < -0.39 is 0 Å². The molecule has 1 heterocycles. The largest absolute Gasteiger partial charge is 0.459 e.